The number of fused-ring (bicyclic) bond motifs is 1. The Kier molecular flexibility index (Phi) is 6.92. The molecular weight excluding hydrogens is 525 g/mol. The van der Waals surface area contributed by atoms with Gasteiger partial charge in [0, 0.05) is 23.0 Å². The molecule has 39 heavy (non-hydrogen) atoms. The van der Waals surface area contributed by atoms with E-state index in [0.29, 0.717) is 11.3 Å². The van der Waals surface area contributed by atoms with Gasteiger partial charge in [0.05, 0.1) is 16.3 Å². The van der Waals surface area contributed by atoms with Crippen molar-refractivity contribution in [3.05, 3.63) is 119 Å². The molecule has 0 bridgehead atoms. The Labute approximate surface area is 226 Å². The van der Waals surface area contributed by atoms with Crippen LogP contribution in [0.2, 0.25) is 5.02 Å². The van der Waals surface area contributed by atoms with Crippen molar-refractivity contribution in [3.63, 3.8) is 0 Å². The van der Waals surface area contributed by atoms with E-state index >= 15 is 0 Å². The highest BCUT2D eigenvalue weighted by Crippen LogP contribution is 2.36. The van der Waals surface area contributed by atoms with E-state index in [0.717, 1.165) is 34.2 Å². The zero-order chi connectivity index (χ0) is 27.6. The maximum Gasteiger partial charge on any atom is 0.417 e. The number of alkyl halides is 3. The molecule has 1 amide bonds. The number of para-hydroxylation sites is 1. The summed E-state index contributed by atoms with van der Waals surface area (Å²) in [5.41, 5.74) is 1.02. The molecule has 0 atom stereocenters. The second-order valence-electron chi connectivity index (χ2n) is 8.56. The molecule has 5 aromatic rings. The van der Waals surface area contributed by atoms with Gasteiger partial charge in [-0.05, 0) is 47.2 Å². The standard InChI is InChI=1S/C30H18ClF3N4O/c31-27-14-13-22(16-26(27)30(32,33)34)36-29(39)20(17-35)15-21-18-38(23-9-2-1-3-10-23)37-28(21)25-12-6-8-19-7-4-5-11-24(19)25/h1-16,18H,(H,36,39)/b20-15+. The number of hydrogen-bond acceptors (Lipinski definition) is 3. The molecule has 1 N–H and O–H groups in total. The first-order valence-electron chi connectivity index (χ1n) is 11.7. The Morgan fingerprint density at radius 2 is 1.69 bits per heavy atom. The molecule has 4 aromatic carbocycles. The molecular formula is C30H18ClF3N4O. The van der Waals surface area contributed by atoms with E-state index < -0.39 is 22.7 Å². The van der Waals surface area contributed by atoms with E-state index in [1.165, 1.54) is 12.1 Å². The van der Waals surface area contributed by atoms with Crippen molar-refractivity contribution in [2.24, 2.45) is 0 Å². The highest BCUT2D eigenvalue weighted by Gasteiger charge is 2.33. The summed E-state index contributed by atoms with van der Waals surface area (Å²) in [6.07, 6.45) is -1.63. The van der Waals surface area contributed by atoms with Gasteiger partial charge in [-0.3, -0.25) is 4.79 Å². The van der Waals surface area contributed by atoms with Gasteiger partial charge in [-0.2, -0.15) is 23.5 Å². The molecule has 0 unspecified atom stereocenters. The largest absolute Gasteiger partial charge is 0.417 e. The molecule has 0 fully saturated rings. The first kappa shape index (κ1) is 25.8. The minimum atomic E-state index is -4.70. The lowest BCUT2D eigenvalue weighted by Crippen LogP contribution is -2.14. The Bertz CT molecular complexity index is 1760. The molecule has 0 spiro atoms. The van der Waals surface area contributed by atoms with E-state index in [9.17, 15) is 23.2 Å². The number of aromatic nitrogens is 2. The summed E-state index contributed by atoms with van der Waals surface area (Å²) in [6.45, 7) is 0. The lowest BCUT2D eigenvalue weighted by molar-refractivity contribution is -0.137. The van der Waals surface area contributed by atoms with E-state index in [-0.39, 0.29) is 11.3 Å². The summed E-state index contributed by atoms with van der Waals surface area (Å²) < 4.78 is 41.4. The molecule has 9 heteroatoms. The minimum absolute atomic E-state index is 0.146. The number of amides is 1. The van der Waals surface area contributed by atoms with Crippen LogP contribution >= 0.6 is 11.6 Å². The van der Waals surface area contributed by atoms with Crippen molar-refractivity contribution in [3.8, 4) is 23.0 Å². The van der Waals surface area contributed by atoms with E-state index in [2.05, 4.69) is 5.32 Å². The first-order chi connectivity index (χ1) is 18.7. The summed E-state index contributed by atoms with van der Waals surface area (Å²) in [4.78, 5) is 13.0. The second kappa shape index (κ2) is 10.5. The van der Waals surface area contributed by atoms with Gasteiger partial charge in [0.15, 0.2) is 0 Å². The summed E-state index contributed by atoms with van der Waals surface area (Å²) >= 11 is 5.68. The third kappa shape index (κ3) is 5.40. The lowest BCUT2D eigenvalue weighted by Gasteiger charge is -2.11. The number of carbonyl (C=O) groups excluding carboxylic acids is 1. The van der Waals surface area contributed by atoms with Crippen LogP contribution in [0.1, 0.15) is 11.1 Å². The molecule has 0 aliphatic heterocycles. The maximum atomic E-state index is 13.3. The predicted octanol–water partition coefficient (Wildman–Crippen LogP) is 7.91. The Morgan fingerprint density at radius 1 is 0.974 bits per heavy atom. The highest BCUT2D eigenvalue weighted by atomic mass is 35.5. The number of anilines is 1. The van der Waals surface area contributed by atoms with Crippen LogP contribution in [0.4, 0.5) is 18.9 Å². The predicted molar refractivity (Wildman–Crippen MR) is 145 cm³/mol. The Hall–Kier alpha value is -4.87. The van der Waals surface area contributed by atoms with Crippen molar-refractivity contribution in [2.45, 2.75) is 6.18 Å². The number of rotatable bonds is 5. The average molecular weight is 543 g/mol. The average Bonchev–Trinajstić information content (AvgIpc) is 3.36. The SMILES string of the molecule is N#C/C(=C\c1cn(-c2ccccc2)nc1-c1cccc2ccccc12)C(=O)Nc1ccc(Cl)c(C(F)(F)F)c1. The summed E-state index contributed by atoms with van der Waals surface area (Å²) in [7, 11) is 0. The molecule has 5 rings (SSSR count). The van der Waals surface area contributed by atoms with E-state index in [4.69, 9.17) is 16.7 Å². The molecule has 0 saturated heterocycles. The van der Waals surface area contributed by atoms with Gasteiger partial charge in [0.25, 0.3) is 5.91 Å². The van der Waals surface area contributed by atoms with Crippen LogP contribution in [-0.2, 0) is 11.0 Å². The topological polar surface area (TPSA) is 70.7 Å². The summed E-state index contributed by atoms with van der Waals surface area (Å²) in [6, 6.07) is 27.7. The first-order valence-corrected chi connectivity index (χ1v) is 12.1. The summed E-state index contributed by atoms with van der Waals surface area (Å²) in [5, 5.41) is 18.4. The highest BCUT2D eigenvalue weighted by molar-refractivity contribution is 6.31. The van der Waals surface area contributed by atoms with Gasteiger partial charge in [-0.15, -0.1) is 0 Å². The van der Waals surface area contributed by atoms with Crippen LogP contribution in [0, 0.1) is 11.3 Å². The van der Waals surface area contributed by atoms with Gasteiger partial charge < -0.3 is 5.32 Å². The molecule has 0 saturated carbocycles. The third-order valence-electron chi connectivity index (χ3n) is 6.00. The van der Waals surface area contributed by atoms with E-state index in [1.807, 2.05) is 78.9 Å². The van der Waals surface area contributed by atoms with Crippen LogP contribution in [-0.4, -0.2) is 15.7 Å². The third-order valence-corrected chi connectivity index (χ3v) is 6.33. The quantitative estimate of drug-likeness (QED) is 0.181. The van der Waals surface area contributed by atoms with Crippen LogP contribution in [0.5, 0.6) is 0 Å². The van der Waals surface area contributed by atoms with Crippen molar-refractivity contribution in [2.75, 3.05) is 5.32 Å². The molecule has 0 aliphatic carbocycles. The van der Waals surface area contributed by atoms with Crippen LogP contribution < -0.4 is 5.32 Å². The summed E-state index contributed by atoms with van der Waals surface area (Å²) in [5.74, 6) is -0.871. The number of nitriles is 1. The fourth-order valence-corrected chi connectivity index (χ4v) is 4.39. The number of hydrogen-bond donors (Lipinski definition) is 1. The normalized spacial score (nSPS) is 11.8. The van der Waals surface area contributed by atoms with Crippen LogP contribution in [0.25, 0.3) is 33.8 Å². The van der Waals surface area contributed by atoms with Crippen molar-refractivity contribution < 1.29 is 18.0 Å². The van der Waals surface area contributed by atoms with Crippen LogP contribution in [0.3, 0.4) is 0 Å². The van der Waals surface area contributed by atoms with Crippen molar-refractivity contribution in [1.29, 1.82) is 5.26 Å². The van der Waals surface area contributed by atoms with Gasteiger partial charge in [0.2, 0.25) is 0 Å². The number of carbonyl (C=O) groups is 1. The maximum absolute atomic E-state index is 13.3. The molecule has 0 aliphatic rings. The van der Waals surface area contributed by atoms with Gasteiger partial charge in [0.1, 0.15) is 17.3 Å². The smallest absolute Gasteiger partial charge is 0.321 e. The number of nitrogens with zero attached hydrogens (tertiary/aromatic N) is 3. The van der Waals surface area contributed by atoms with Crippen molar-refractivity contribution in [1.82, 2.24) is 9.78 Å². The monoisotopic (exact) mass is 542 g/mol. The molecule has 5 nitrogen and oxygen atoms in total. The fraction of sp³-hybridized carbons (Fsp3) is 0.0333. The minimum Gasteiger partial charge on any atom is -0.321 e. The zero-order valence-electron chi connectivity index (χ0n) is 20.1. The second-order valence-corrected chi connectivity index (χ2v) is 8.96. The van der Waals surface area contributed by atoms with E-state index in [1.54, 1.807) is 10.9 Å². The number of halogens is 4. The van der Waals surface area contributed by atoms with Gasteiger partial charge in [-0.1, -0.05) is 72.3 Å². The Morgan fingerprint density at radius 3 is 2.44 bits per heavy atom. The van der Waals surface area contributed by atoms with Gasteiger partial charge >= 0.3 is 6.18 Å². The zero-order valence-corrected chi connectivity index (χ0v) is 20.8. The van der Waals surface area contributed by atoms with Crippen LogP contribution in [0.15, 0.2) is 103 Å². The lowest BCUT2D eigenvalue weighted by atomic mass is 9.99. The molecule has 192 valence electrons. The van der Waals surface area contributed by atoms with Crippen molar-refractivity contribution >= 4 is 40.0 Å². The molecule has 0 radical (unpaired) electrons. The molecule has 1 heterocycles. The van der Waals surface area contributed by atoms with Gasteiger partial charge in [-0.25, -0.2) is 4.68 Å². The Balaban J connectivity index is 1.59. The number of nitrogens with one attached hydrogen (secondary N) is 1. The fourth-order valence-electron chi connectivity index (χ4n) is 4.17. The number of benzene rings is 4. The molecule has 1 aromatic heterocycles.